The van der Waals surface area contributed by atoms with Crippen LogP contribution in [0.2, 0.25) is 0 Å². The number of benzene rings is 1. The molecule has 1 aromatic heterocycles. The highest BCUT2D eigenvalue weighted by Gasteiger charge is 2.08. The first-order valence-electron chi connectivity index (χ1n) is 6.44. The molecule has 2 rings (SSSR count). The van der Waals surface area contributed by atoms with Gasteiger partial charge in [0.25, 0.3) is 0 Å². The van der Waals surface area contributed by atoms with E-state index >= 15 is 0 Å². The van der Waals surface area contributed by atoms with Crippen molar-refractivity contribution in [1.29, 1.82) is 0 Å². The topological polar surface area (TPSA) is 79.9 Å². The van der Waals surface area contributed by atoms with Crippen LogP contribution < -0.4 is 10.1 Å². The van der Waals surface area contributed by atoms with E-state index in [4.69, 9.17) is 4.74 Å². The Hall–Kier alpha value is -2.37. The Bertz CT molecular complexity index is 587. The molecule has 1 aromatic carbocycles. The van der Waals surface area contributed by atoms with Crippen LogP contribution in [0.25, 0.3) is 0 Å². The van der Waals surface area contributed by atoms with Crippen LogP contribution in [0, 0.1) is 20.8 Å². The zero-order valence-corrected chi connectivity index (χ0v) is 11.9. The van der Waals surface area contributed by atoms with Crippen LogP contribution >= 0.6 is 0 Å². The maximum atomic E-state index is 11.7. The van der Waals surface area contributed by atoms with E-state index in [1.54, 1.807) is 6.92 Å². The molecule has 0 unspecified atom stereocenters. The number of aromatic nitrogens is 3. The standard InChI is InChI=1S/C14H18N4O2/c1-9-5-4-6-10(2)13(9)20-8-7-12(19)16-14-15-11(3)17-18-14/h4-6H,7-8H2,1-3H3,(H2,15,16,17,18,19). The summed E-state index contributed by atoms with van der Waals surface area (Å²) >= 11 is 0. The van der Waals surface area contributed by atoms with Crippen LogP contribution in [0.5, 0.6) is 5.75 Å². The molecule has 20 heavy (non-hydrogen) atoms. The third-order valence-corrected chi connectivity index (χ3v) is 2.83. The Morgan fingerprint density at radius 1 is 1.30 bits per heavy atom. The molecule has 0 saturated heterocycles. The fourth-order valence-corrected chi connectivity index (χ4v) is 1.86. The Morgan fingerprint density at radius 2 is 2.00 bits per heavy atom. The molecule has 1 amide bonds. The van der Waals surface area contributed by atoms with Gasteiger partial charge in [-0.1, -0.05) is 18.2 Å². The highest BCUT2D eigenvalue weighted by atomic mass is 16.5. The first-order valence-corrected chi connectivity index (χ1v) is 6.44. The van der Waals surface area contributed by atoms with Gasteiger partial charge in [-0.2, -0.15) is 4.98 Å². The second-order valence-corrected chi connectivity index (χ2v) is 4.61. The fourth-order valence-electron chi connectivity index (χ4n) is 1.86. The lowest BCUT2D eigenvalue weighted by Crippen LogP contribution is -2.16. The number of nitrogens with zero attached hydrogens (tertiary/aromatic N) is 2. The molecule has 2 aromatic rings. The van der Waals surface area contributed by atoms with Gasteiger partial charge in [0, 0.05) is 0 Å². The number of amides is 1. The van der Waals surface area contributed by atoms with Crippen molar-refractivity contribution >= 4 is 11.9 Å². The lowest BCUT2D eigenvalue weighted by molar-refractivity contribution is -0.116. The van der Waals surface area contributed by atoms with Crippen molar-refractivity contribution < 1.29 is 9.53 Å². The maximum Gasteiger partial charge on any atom is 0.248 e. The molecule has 6 heteroatoms. The van der Waals surface area contributed by atoms with Crippen LogP contribution in [0.4, 0.5) is 5.95 Å². The summed E-state index contributed by atoms with van der Waals surface area (Å²) in [6.45, 7) is 6.06. The summed E-state index contributed by atoms with van der Waals surface area (Å²) in [6, 6.07) is 5.95. The number of aryl methyl sites for hydroxylation is 3. The van der Waals surface area contributed by atoms with E-state index < -0.39 is 0 Å². The number of rotatable bonds is 5. The second-order valence-electron chi connectivity index (χ2n) is 4.61. The van der Waals surface area contributed by atoms with Gasteiger partial charge in [0.1, 0.15) is 11.6 Å². The van der Waals surface area contributed by atoms with Gasteiger partial charge in [0.15, 0.2) is 0 Å². The maximum absolute atomic E-state index is 11.7. The van der Waals surface area contributed by atoms with Crippen molar-refractivity contribution in [1.82, 2.24) is 15.2 Å². The number of hydrogen-bond donors (Lipinski definition) is 2. The van der Waals surface area contributed by atoms with Gasteiger partial charge in [-0.3, -0.25) is 15.2 Å². The molecule has 1 heterocycles. The van der Waals surface area contributed by atoms with Gasteiger partial charge < -0.3 is 4.74 Å². The number of H-pyrrole nitrogens is 1. The van der Waals surface area contributed by atoms with Crippen molar-refractivity contribution in [3.8, 4) is 5.75 Å². The van der Waals surface area contributed by atoms with Gasteiger partial charge in [-0.05, 0) is 31.9 Å². The van der Waals surface area contributed by atoms with Crippen molar-refractivity contribution in [2.24, 2.45) is 0 Å². The van der Waals surface area contributed by atoms with Crippen molar-refractivity contribution in [3.05, 3.63) is 35.2 Å². The smallest absolute Gasteiger partial charge is 0.248 e. The molecule has 0 saturated carbocycles. The Morgan fingerprint density at radius 3 is 2.60 bits per heavy atom. The Balaban J connectivity index is 1.82. The molecule has 0 aliphatic carbocycles. The minimum absolute atomic E-state index is 0.171. The van der Waals surface area contributed by atoms with Gasteiger partial charge in [0.2, 0.25) is 11.9 Å². The number of para-hydroxylation sites is 1. The SMILES string of the molecule is Cc1nc(NC(=O)CCOc2c(C)cccc2C)n[nH]1. The molecule has 0 aliphatic rings. The number of ether oxygens (including phenoxy) is 1. The lowest BCUT2D eigenvalue weighted by Gasteiger charge is -2.11. The van der Waals surface area contributed by atoms with E-state index in [0.717, 1.165) is 16.9 Å². The summed E-state index contributed by atoms with van der Waals surface area (Å²) in [6.07, 6.45) is 0.251. The normalized spacial score (nSPS) is 10.3. The number of nitrogens with one attached hydrogen (secondary N) is 2. The molecule has 0 spiro atoms. The van der Waals surface area contributed by atoms with Crippen LogP contribution in [0.1, 0.15) is 23.4 Å². The average molecular weight is 274 g/mol. The molecule has 6 nitrogen and oxygen atoms in total. The number of carbonyl (C=O) groups is 1. The third-order valence-electron chi connectivity index (χ3n) is 2.83. The molecule has 0 radical (unpaired) electrons. The molecule has 0 atom stereocenters. The lowest BCUT2D eigenvalue weighted by atomic mass is 10.1. The summed E-state index contributed by atoms with van der Waals surface area (Å²) in [5, 5.41) is 9.11. The van der Waals surface area contributed by atoms with Crippen molar-refractivity contribution in [2.75, 3.05) is 11.9 Å². The zero-order valence-electron chi connectivity index (χ0n) is 11.9. The second kappa shape index (κ2) is 6.18. The minimum atomic E-state index is -0.171. The van der Waals surface area contributed by atoms with Gasteiger partial charge in [0.05, 0.1) is 13.0 Å². The van der Waals surface area contributed by atoms with Gasteiger partial charge in [-0.25, -0.2) is 0 Å². The quantitative estimate of drug-likeness (QED) is 0.875. The number of carbonyl (C=O) groups excluding carboxylic acids is 1. The van der Waals surface area contributed by atoms with Crippen LogP contribution in [0.15, 0.2) is 18.2 Å². The van der Waals surface area contributed by atoms with Crippen LogP contribution in [-0.2, 0) is 4.79 Å². The largest absolute Gasteiger partial charge is 0.493 e. The highest BCUT2D eigenvalue weighted by molar-refractivity contribution is 5.88. The molecule has 0 fully saturated rings. The van der Waals surface area contributed by atoms with Crippen LogP contribution in [0.3, 0.4) is 0 Å². The first kappa shape index (κ1) is 14.0. The van der Waals surface area contributed by atoms with E-state index in [1.807, 2.05) is 32.0 Å². The zero-order chi connectivity index (χ0) is 14.5. The van der Waals surface area contributed by atoms with Gasteiger partial charge >= 0.3 is 0 Å². The van der Waals surface area contributed by atoms with E-state index in [-0.39, 0.29) is 12.3 Å². The van der Waals surface area contributed by atoms with E-state index in [1.165, 1.54) is 0 Å². The van der Waals surface area contributed by atoms with E-state index in [0.29, 0.717) is 18.4 Å². The highest BCUT2D eigenvalue weighted by Crippen LogP contribution is 2.22. The summed E-state index contributed by atoms with van der Waals surface area (Å²) in [5.41, 5.74) is 2.13. The number of aromatic amines is 1. The predicted octanol–water partition coefficient (Wildman–Crippen LogP) is 2.14. The molecular formula is C14H18N4O2. The first-order chi connectivity index (χ1) is 9.56. The average Bonchev–Trinajstić information content (AvgIpc) is 2.78. The summed E-state index contributed by atoms with van der Waals surface area (Å²) < 4.78 is 5.67. The molecular weight excluding hydrogens is 256 g/mol. The minimum Gasteiger partial charge on any atom is -0.493 e. The molecule has 106 valence electrons. The Labute approximate surface area is 117 Å². The van der Waals surface area contributed by atoms with Crippen molar-refractivity contribution in [2.45, 2.75) is 27.2 Å². The summed E-state index contributed by atoms with van der Waals surface area (Å²) in [4.78, 5) is 15.7. The fraction of sp³-hybridized carbons (Fsp3) is 0.357. The van der Waals surface area contributed by atoms with E-state index in [2.05, 4.69) is 20.5 Å². The summed E-state index contributed by atoms with van der Waals surface area (Å²) in [7, 11) is 0. The number of anilines is 1. The third kappa shape index (κ3) is 3.57. The molecule has 0 aliphatic heterocycles. The molecule has 2 N–H and O–H groups in total. The molecule has 0 bridgehead atoms. The van der Waals surface area contributed by atoms with Crippen LogP contribution in [-0.4, -0.2) is 27.7 Å². The predicted molar refractivity (Wildman–Crippen MR) is 75.8 cm³/mol. The van der Waals surface area contributed by atoms with E-state index in [9.17, 15) is 4.79 Å². The van der Waals surface area contributed by atoms with Gasteiger partial charge in [-0.15, -0.1) is 5.10 Å². The monoisotopic (exact) mass is 274 g/mol. The number of hydrogen-bond acceptors (Lipinski definition) is 4. The van der Waals surface area contributed by atoms with Crippen molar-refractivity contribution in [3.63, 3.8) is 0 Å². The Kier molecular flexibility index (Phi) is 4.34. The summed E-state index contributed by atoms with van der Waals surface area (Å²) in [5.74, 6) is 1.62.